The smallest absolute Gasteiger partial charge is 0.0928 e. The molecule has 0 aliphatic rings. The van der Waals surface area contributed by atoms with Crippen molar-refractivity contribution >= 4 is 26.8 Å². The second-order valence-corrected chi connectivity index (χ2v) is 4.40. The minimum absolute atomic E-state index is 0.986. The highest BCUT2D eigenvalue weighted by atomic mass is 79.9. The molecule has 3 rings (SSSR count). The lowest BCUT2D eigenvalue weighted by molar-refractivity contribution is 0.893. The SMILES string of the molecule is Brc1ccc2nn(-c3ccncc3)cc2c1. The molecule has 0 spiro atoms. The van der Waals surface area contributed by atoms with E-state index in [1.165, 1.54) is 0 Å². The number of hydrogen-bond donors (Lipinski definition) is 0. The molecule has 1 aromatic carbocycles. The molecule has 0 fully saturated rings. The molecular weight excluding hydrogens is 266 g/mol. The van der Waals surface area contributed by atoms with Crippen LogP contribution in [0, 0.1) is 0 Å². The molecule has 78 valence electrons. The Kier molecular flexibility index (Phi) is 2.22. The number of halogens is 1. The highest BCUT2D eigenvalue weighted by molar-refractivity contribution is 9.10. The van der Waals surface area contributed by atoms with E-state index in [0.29, 0.717) is 0 Å². The number of nitrogens with zero attached hydrogens (tertiary/aromatic N) is 3. The Bertz CT molecular complexity index is 631. The lowest BCUT2D eigenvalue weighted by atomic mass is 10.3. The highest BCUT2D eigenvalue weighted by Gasteiger charge is 2.02. The highest BCUT2D eigenvalue weighted by Crippen LogP contribution is 2.19. The van der Waals surface area contributed by atoms with Gasteiger partial charge in [0.25, 0.3) is 0 Å². The van der Waals surface area contributed by atoms with E-state index in [1.54, 1.807) is 12.4 Å². The van der Waals surface area contributed by atoms with E-state index in [-0.39, 0.29) is 0 Å². The largest absolute Gasteiger partial charge is 0.265 e. The predicted octanol–water partition coefficient (Wildman–Crippen LogP) is 3.18. The number of pyridine rings is 1. The summed E-state index contributed by atoms with van der Waals surface area (Å²) in [4.78, 5) is 3.99. The third kappa shape index (κ3) is 1.61. The van der Waals surface area contributed by atoms with Gasteiger partial charge in [0.05, 0.1) is 11.2 Å². The number of fused-ring (bicyclic) bond motifs is 1. The van der Waals surface area contributed by atoms with Crippen molar-refractivity contribution in [1.29, 1.82) is 0 Å². The summed E-state index contributed by atoms with van der Waals surface area (Å²) in [5.74, 6) is 0. The van der Waals surface area contributed by atoms with Gasteiger partial charge in [0.2, 0.25) is 0 Å². The van der Waals surface area contributed by atoms with Crippen LogP contribution in [-0.4, -0.2) is 14.8 Å². The van der Waals surface area contributed by atoms with Crippen molar-refractivity contribution in [3.05, 3.63) is 53.4 Å². The van der Waals surface area contributed by atoms with Crippen LogP contribution in [0.5, 0.6) is 0 Å². The Balaban J connectivity index is 2.19. The van der Waals surface area contributed by atoms with Gasteiger partial charge in [0, 0.05) is 28.4 Å². The lowest BCUT2D eigenvalue weighted by Gasteiger charge is -1.97. The first-order valence-electron chi connectivity index (χ1n) is 4.88. The van der Waals surface area contributed by atoms with Gasteiger partial charge >= 0.3 is 0 Å². The predicted molar refractivity (Wildman–Crippen MR) is 66.6 cm³/mol. The molecule has 4 heteroatoms. The first-order chi connectivity index (χ1) is 7.83. The average molecular weight is 274 g/mol. The fraction of sp³-hybridized carbons (Fsp3) is 0. The maximum atomic E-state index is 4.49. The van der Waals surface area contributed by atoms with E-state index in [1.807, 2.05) is 35.1 Å². The zero-order chi connectivity index (χ0) is 11.0. The van der Waals surface area contributed by atoms with E-state index in [9.17, 15) is 0 Å². The number of benzene rings is 1. The van der Waals surface area contributed by atoms with Crippen LogP contribution in [-0.2, 0) is 0 Å². The summed E-state index contributed by atoms with van der Waals surface area (Å²) in [6.07, 6.45) is 5.53. The number of hydrogen-bond acceptors (Lipinski definition) is 2. The van der Waals surface area contributed by atoms with Crippen LogP contribution in [0.15, 0.2) is 53.4 Å². The molecule has 0 unspecified atom stereocenters. The van der Waals surface area contributed by atoms with Gasteiger partial charge in [-0.15, -0.1) is 0 Å². The van der Waals surface area contributed by atoms with E-state index < -0.39 is 0 Å². The van der Waals surface area contributed by atoms with Crippen LogP contribution in [0.2, 0.25) is 0 Å². The monoisotopic (exact) mass is 273 g/mol. The summed E-state index contributed by atoms with van der Waals surface area (Å²) in [6.45, 7) is 0. The van der Waals surface area contributed by atoms with Crippen LogP contribution >= 0.6 is 15.9 Å². The molecule has 0 bridgehead atoms. The minimum Gasteiger partial charge on any atom is -0.265 e. The fourth-order valence-corrected chi connectivity index (χ4v) is 2.00. The maximum absolute atomic E-state index is 4.49. The van der Waals surface area contributed by atoms with Gasteiger partial charge in [-0.3, -0.25) is 4.98 Å². The molecule has 3 aromatic rings. The molecule has 0 amide bonds. The summed E-state index contributed by atoms with van der Waals surface area (Å²) in [5.41, 5.74) is 2.00. The van der Waals surface area contributed by atoms with Gasteiger partial charge < -0.3 is 0 Å². The van der Waals surface area contributed by atoms with Crippen molar-refractivity contribution in [2.75, 3.05) is 0 Å². The molecule has 0 atom stereocenters. The zero-order valence-corrected chi connectivity index (χ0v) is 9.92. The van der Waals surface area contributed by atoms with Gasteiger partial charge in [-0.05, 0) is 30.3 Å². The Morgan fingerprint density at radius 1 is 1.06 bits per heavy atom. The quantitative estimate of drug-likeness (QED) is 0.682. The minimum atomic E-state index is 0.986. The Hall–Kier alpha value is -1.68. The normalized spacial score (nSPS) is 10.8. The molecule has 2 heterocycles. The molecule has 0 radical (unpaired) electrons. The van der Waals surface area contributed by atoms with Gasteiger partial charge in [-0.2, -0.15) is 5.10 Å². The molecule has 0 saturated carbocycles. The van der Waals surface area contributed by atoms with Crippen molar-refractivity contribution in [3.63, 3.8) is 0 Å². The first-order valence-corrected chi connectivity index (χ1v) is 5.67. The maximum Gasteiger partial charge on any atom is 0.0928 e. The number of rotatable bonds is 1. The Morgan fingerprint density at radius 2 is 1.88 bits per heavy atom. The topological polar surface area (TPSA) is 30.7 Å². The molecule has 2 aromatic heterocycles. The van der Waals surface area contributed by atoms with E-state index >= 15 is 0 Å². The zero-order valence-electron chi connectivity index (χ0n) is 8.34. The van der Waals surface area contributed by atoms with Gasteiger partial charge in [0.15, 0.2) is 0 Å². The molecule has 3 nitrogen and oxygen atoms in total. The fourth-order valence-electron chi connectivity index (χ4n) is 1.63. The Morgan fingerprint density at radius 3 is 2.69 bits per heavy atom. The average Bonchev–Trinajstić information content (AvgIpc) is 2.73. The molecule has 0 saturated heterocycles. The molecular formula is C12H8BrN3. The third-order valence-electron chi connectivity index (χ3n) is 2.39. The van der Waals surface area contributed by atoms with Gasteiger partial charge in [0.1, 0.15) is 0 Å². The van der Waals surface area contributed by atoms with Gasteiger partial charge in [-0.1, -0.05) is 15.9 Å². The molecule has 16 heavy (non-hydrogen) atoms. The van der Waals surface area contributed by atoms with E-state index in [0.717, 1.165) is 21.1 Å². The van der Waals surface area contributed by atoms with Crippen LogP contribution in [0.1, 0.15) is 0 Å². The Labute approximate surface area is 101 Å². The van der Waals surface area contributed by atoms with Crippen LogP contribution in [0.25, 0.3) is 16.6 Å². The van der Waals surface area contributed by atoms with Crippen molar-refractivity contribution in [1.82, 2.24) is 14.8 Å². The third-order valence-corrected chi connectivity index (χ3v) is 2.89. The first kappa shape index (κ1) is 9.54. The summed E-state index contributed by atoms with van der Waals surface area (Å²) >= 11 is 3.45. The van der Waals surface area contributed by atoms with Crippen LogP contribution in [0.3, 0.4) is 0 Å². The van der Waals surface area contributed by atoms with Crippen molar-refractivity contribution in [2.24, 2.45) is 0 Å². The summed E-state index contributed by atoms with van der Waals surface area (Å²) < 4.78 is 2.92. The van der Waals surface area contributed by atoms with Crippen LogP contribution in [0.4, 0.5) is 0 Å². The van der Waals surface area contributed by atoms with Crippen LogP contribution < -0.4 is 0 Å². The summed E-state index contributed by atoms with van der Waals surface area (Å²) in [5, 5.41) is 5.61. The second kappa shape index (κ2) is 3.72. The van der Waals surface area contributed by atoms with Gasteiger partial charge in [-0.25, -0.2) is 4.68 Å². The number of aromatic nitrogens is 3. The standard InChI is InChI=1S/C12H8BrN3/c13-10-1-2-12-9(7-10)8-16(15-12)11-3-5-14-6-4-11/h1-8H. The van der Waals surface area contributed by atoms with Crippen molar-refractivity contribution < 1.29 is 0 Å². The molecule has 0 aliphatic carbocycles. The molecule has 0 aliphatic heterocycles. The lowest BCUT2D eigenvalue weighted by Crippen LogP contribution is -1.93. The van der Waals surface area contributed by atoms with E-state index in [2.05, 4.69) is 32.1 Å². The summed E-state index contributed by atoms with van der Waals surface area (Å²) in [6, 6.07) is 9.91. The van der Waals surface area contributed by atoms with Crippen molar-refractivity contribution in [2.45, 2.75) is 0 Å². The summed E-state index contributed by atoms with van der Waals surface area (Å²) in [7, 11) is 0. The van der Waals surface area contributed by atoms with E-state index in [4.69, 9.17) is 0 Å². The van der Waals surface area contributed by atoms with Crippen molar-refractivity contribution in [3.8, 4) is 5.69 Å². The molecule has 0 N–H and O–H groups in total. The second-order valence-electron chi connectivity index (χ2n) is 3.48.